The highest BCUT2D eigenvalue weighted by Gasteiger charge is 2.08. The average Bonchev–Trinajstić information content (AvgIpc) is 1.86. The second kappa shape index (κ2) is 4.52. The number of cyclic esters (lactones) is 1. The lowest BCUT2D eigenvalue weighted by Gasteiger charge is -1.81. The summed E-state index contributed by atoms with van der Waals surface area (Å²) in [6.45, 7) is 0.638. The SMILES string of the molecule is O=C1CCCO1.[F-].[NH4+]. The number of hydrogen-bond donors (Lipinski definition) is 1. The Labute approximate surface area is 47.0 Å². The van der Waals surface area contributed by atoms with E-state index in [-0.39, 0.29) is 16.8 Å². The van der Waals surface area contributed by atoms with Gasteiger partial charge >= 0.3 is 5.97 Å². The predicted octanol–water partition coefficient (Wildman–Crippen LogP) is -2.30. The largest absolute Gasteiger partial charge is 1.00 e. The molecule has 0 aromatic heterocycles. The summed E-state index contributed by atoms with van der Waals surface area (Å²) in [6, 6.07) is 0. The number of halogens is 1. The lowest BCUT2D eigenvalue weighted by Crippen LogP contribution is -3.00. The summed E-state index contributed by atoms with van der Waals surface area (Å²) in [7, 11) is 0. The van der Waals surface area contributed by atoms with Gasteiger partial charge in [-0.05, 0) is 6.42 Å². The fourth-order valence-electron chi connectivity index (χ4n) is 0.475. The number of rotatable bonds is 0. The monoisotopic (exact) mass is 123 g/mol. The topological polar surface area (TPSA) is 62.8 Å². The Morgan fingerprint density at radius 1 is 1.50 bits per heavy atom. The van der Waals surface area contributed by atoms with Crippen molar-refractivity contribution in [1.82, 2.24) is 6.15 Å². The van der Waals surface area contributed by atoms with E-state index in [1.807, 2.05) is 0 Å². The molecule has 3 nitrogen and oxygen atoms in total. The maximum Gasteiger partial charge on any atom is 0.305 e. The first-order chi connectivity index (χ1) is 2.89. The van der Waals surface area contributed by atoms with Gasteiger partial charge in [-0.3, -0.25) is 4.79 Å². The molecule has 1 aliphatic heterocycles. The van der Waals surface area contributed by atoms with Crippen LogP contribution in [0.4, 0.5) is 0 Å². The minimum Gasteiger partial charge on any atom is -1.00 e. The molecule has 1 fully saturated rings. The minimum absolute atomic E-state index is 0. The highest BCUT2D eigenvalue weighted by molar-refractivity contribution is 5.70. The first kappa shape index (κ1) is 10.4. The van der Waals surface area contributed by atoms with Crippen LogP contribution >= 0.6 is 0 Å². The van der Waals surface area contributed by atoms with E-state index < -0.39 is 0 Å². The number of ether oxygens (including phenoxy) is 1. The Hall–Kier alpha value is -0.640. The van der Waals surface area contributed by atoms with Gasteiger partial charge in [0.15, 0.2) is 0 Å². The average molecular weight is 123 g/mol. The summed E-state index contributed by atoms with van der Waals surface area (Å²) in [4.78, 5) is 10.0. The summed E-state index contributed by atoms with van der Waals surface area (Å²) in [5.74, 6) is -0.0463. The molecule has 8 heavy (non-hydrogen) atoms. The Morgan fingerprint density at radius 3 is 2.25 bits per heavy atom. The van der Waals surface area contributed by atoms with E-state index in [1.165, 1.54) is 0 Å². The molecular formula is C4H10FNO2. The van der Waals surface area contributed by atoms with Crippen LogP contribution in [-0.4, -0.2) is 12.6 Å². The molecule has 4 N–H and O–H groups in total. The van der Waals surface area contributed by atoms with Gasteiger partial charge < -0.3 is 15.6 Å². The lowest BCUT2D eigenvalue weighted by atomic mass is 10.4. The maximum absolute atomic E-state index is 10.0. The second-order valence-corrected chi connectivity index (χ2v) is 1.32. The molecule has 4 heteroatoms. The highest BCUT2D eigenvalue weighted by Crippen LogP contribution is 2.01. The quantitative estimate of drug-likeness (QED) is 0.368. The van der Waals surface area contributed by atoms with Gasteiger partial charge in [0.05, 0.1) is 6.61 Å². The van der Waals surface area contributed by atoms with E-state index in [0.29, 0.717) is 13.0 Å². The molecule has 1 heterocycles. The number of carbonyl (C=O) groups excluding carboxylic acids is 1. The van der Waals surface area contributed by atoms with Crippen molar-refractivity contribution in [2.24, 2.45) is 0 Å². The van der Waals surface area contributed by atoms with Crippen LogP contribution in [0.5, 0.6) is 0 Å². The third kappa shape index (κ3) is 2.52. The van der Waals surface area contributed by atoms with Gasteiger partial charge in [-0.15, -0.1) is 0 Å². The molecule has 0 spiro atoms. The second-order valence-electron chi connectivity index (χ2n) is 1.32. The molecule has 0 atom stereocenters. The van der Waals surface area contributed by atoms with E-state index in [9.17, 15) is 4.79 Å². The van der Waals surface area contributed by atoms with Crippen LogP contribution in [0.2, 0.25) is 0 Å². The third-order valence-electron chi connectivity index (χ3n) is 0.788. The molecule has 0 aromatic rings. The zero-order chi connectivity index (χ0) is 4.41. The number of esters is 1. The maximum atomic E-state index is 10.0. The van der Waals surface area contributed by atoms with Gasteiger partial charge in [0, 0.05) is 6.42 Å². The summed E-state index contributed by atoms with van der Waals surface area (Å²) in [6.07, 6.45) is 1.54. The highest BCUT2D eigenvalue weighted by atomic mass is 19.0. The Kier molecular flexibility index (Phi) is 5.85. The molecule has 1 aliphatic rings. The van der Waals surface area contributed by atoms with Crippen molar-refractivity contribution in [3.05, 3.63) is 0 Å². The summed E-state index contributed by atoms with van der Waals surface area (Å²) < 4.78 is 4.51. The molecule has 0 bridgehead atoms. The predicted molar refractivity (Wildman–Crippen MR) is 26.2 cm³/mol. The van der Waals surface area contributed by atoms with E-state index >= 15 is 0 Å². The van der Waals surface area contributed by atoms with Crippen molar-refractivity contribution in [1.29, 1.82) is 0 Å². The van der Waals surface area contributed by atoms with E-state index in [1.54, 1.807) is 0 Å². The van der Waals surface area contributed by atoms with Gasteiger partial charge in [-0.1, -0.05) is 0 Å². The van der Waals surface area contributed by atoms with Gasteiger partial charge in [0.25, 0.3) is 0 Å². The van der Waals surface area contributed by atoms with Crippen LogP contribution < -0.4 is 10.9 Å². The molecule has 0 aromatic carbocycles. The van der Waals surface area contributed by atoms with Crippen LogP contribution in [-0.2, 0) is 9.53 Å². The van der Waals surface area contributed by atoms with Gasteiger partial charge in [-0.25, -0.2) is 0 Å². The number of hydrogen-bond acceptors (Lipinski definition) is 2. The first-order valence-electron chi connectivity index (χ1n) is 2.05. The molecule has 50 valence electrons. The fraction of sp³-hybridized carbons (Fsp3) is 0.750. The molecule has 0 unspecified atom stereocenters. The van der Waals surface area contributed by atoms with Crippen LogP contribution in [0.1, 0.15) is 12.8 Å². The zero-order valence-electron chi connectivity index (χ0n) is 4.82. The molecule has 1 saturated heterocycles. The lowest BCUT2D eigenvalue weighted by molar-refractivity contribution is -0.137. The molecule has 0 amide bonds. The van der Waals surface area contributed by atoms with Crippen molar-refractivity contribution in [3.63, 3.8) is 0 Å². The van der Waals surface area contributed by atoms with Crippen molar-refractivity contribution in [3.8, 4) is 0 Å². The molecule has 0 radical (unpaired) electrons. The molecule has 0 aliphatic carbocycles. The molecule has 1 rings (SSSR count). The normalized spacial score (nSPS) is 15.8. The molecule has 0 saturated carbocycles. The van der Waals surface area contributed by atoms with Crippen LogP contribution in [0.25, 0.3) is 0 Å². The Bertz CT molecular complexity index is 68.4. The van der Waals surface area contributed by atoms with E-state index in [2.05, 4.69) is 4.74 Å². The van der Waals surface area contributed by atoms with Gasteiger partial charge in [0.1, 0.15) is 0 Å². The summed E-state index contributed by atoms with van der Waals surface area (Å²) in [5, 5.41) is 0. The van der Waals surface area contributed by atoms with Crippen molar-refractivity contribution in [2.45, 2.75) is 12.8 Å². The van der Waals surface area contributed by atoms with Crippen molar-refractivity contribution >= 4 is 5.97 Å². The van der Waals surface area contributed by atoms with Crippen molar-refractivity contribution < 1.29 is 14.2 Å². The first-order valence-corrected chi connectivity index (χ1v) is 2.05. The Morgan fingerprint density at radius 2 is 2.12 bits per heavy atom. The van der Waals surface area contributed by atoms with Gasteiger partial charge in [0.2, 0.25) is 0 Å². The fourth-order valence-corrected chi connectivity index (χ4v) is 0.475. The van der Waals surface area contributed by atoms with Crippen molar-refractivity contribution in [2.75, 3.05) is 6.61 Å². The van der Waals surface area contributed by atoms with E-state index in [4.69, 9.17) is 0 Å². The summed E-state index contributed by atoms with van der Waals surface area (Å²) >= 11 is 0. The molecular weight excluding hydrogens is 113 g/mol. The smallest absolute Gasteiger partial charge is 0.305 e. The van der Waals surface area contributed by atoms with Crippen LogP contribution in [0, 0.1) is 0 Å². The van der Waals surface area contributed by atoms with Crippen LogP contribution in [0.3, 0.4) is 0 Å². The van der Waals surface area contributed by atoms with Crippen LogP contribution in [0.15, 0.2) is 0 Å². The minimum atomic E-state index is -0.0463. The van der Waals surface area contributed by atoms with E-state index in [0.717, 1.165) is 6.42 Å². The van der Waals surface area contributed by atoms with Gasteiger partial charge in [-0.2, -0.15) is 0 Å². The zero-order valence-corrected chi connectivity index (χ0v) is 4.82. The Balaban J connectivity index is 0. The standard InChI is InChI=1S/C4H6O2.FH.H3N/c5-4-2-1-3-6-4;;/h1-3H2;1H;1H3. The number of carbonyl (C=O) groups is 1. The number of quaternary nitrogens is 1. The third-order valence-corrected chi connectivity index (χ3v) is 0.788. The summed E-state index contributed by atoms with van der Waals surface area (Å²) in [5.41, 5.74) is 0.